The van der Waals surface area contributed by atoms with Crippen molar-refractivity contribution in [2.45, 2.75) is 40.0 Å². The van der Waals surface area contributed by atoms with Gasteiger partial charge in [0.05, 0.1) is 0 Å². The van der Waals surface area contributed by atoms with E-state index in [0.29, 0.717) is 16.4 Å². The molecule has 5 heteroatoms. The molecule has 0 radical (unpaired) electrons. The number of halogens is 3. The number of rotatable bonds is 1. The van der Waals surface area contributed by atoms with Gasteiger partial charge >= 0.3 is 0 Å². The summed E-state index contributed by atoms with van der Waals surface area (Å²) in [5.41, 5.74) is 0. The molecule has 0 aromatic heterocycles. The topological polar surface area (TPSA) is 20.3 Å². The number of alkyl halides is 3. The zero-order valence-electron chi connectivity index (χ0n) is 7.68. The monoisotopic (exact) mass is 347 g/mol. The van der Waals surface area contributed by atoms with Gasteiger partial charge in [0.25, 0.3) is 5.91 Å². The van der Waals surface area contributed by atoms with Crippen LogP contribution in [0.15, 0.2) is 0 Å². The summed E-state index contributed by atoms with van der Waals surface area (Å²) in [6, 6.07) is 0.375. The van der Waals surface area contributed by atoms with Gasteiger partial charge in [0.15, 0.2) is 4.33 Å². The van der Waals surface area contributed by atoms with E-state index in [1.54, 1.807) is 0 Å². The molecular weight excluding hydrogens is 336 g/mol. The van der Waals surface area contributed by atoms with Crippen molar-refractivity contribution in [1.29, 1.82) is 0 Å². The van der Waals surface area contributed by atoms with Crippen molar-refractivity contribution in [3.05, 3.63) is 0 Å². The number of likely N-dealkylation sites (tertiary alicyclic amines) is 1. The number of amides is 1. The molecule has 2 atom stereocenters. The Balaban J connectivity index is 2.08. The van der Waals surface area contributed by atoms with E-state index in [-0.39, 0.29) is 5.91 Å². The molecule has 80 valence electrons. The van der Waals surface area contributed by atoms with E-state index in [1.807, 2.05) is 4.90 Å². The zero-order chi connectivity index (χ0) is 10.3. The van der Waals surface area contributed by atoms with Crippen molar-refractivity contribution in [1.82, 2.24) is 4.90 Å². The number of carbonyl (C=O) groups excluding carboxylic acids is 1. The molecule has 2 rings (SSSR count). The summed E-state index contributed by atoms with van der Waals surface area (Å²) in [6.45, 7) is 0.824. The molecule has 2 nitrogen and oxygen atoms in total. The average molecular weight is 348 g/mol. The lowest BCUT2D eigenvalue weighted by atomic mass is 9.89. The average Bonchev–Trinajstić information content (AvgIpc) is 2.10. The van der Waals surface area contributed by atoms with Crippen molar-refractivity contribution in [2.75, 3.05) is 6.54 Å². The zero-order valence-corrected chi connectivity index (χ0v) is 11.3. The number of hydrogen-bond acceptors (Lipinski definition) is 1. The van der Waals surface area contributed by atoms with Crippen LogP contribution in [0.2, 0.25) is 0 Å². The molecule has 0 aromatic carbocycles. The normalized spacial score (nSPS) is 36.8. The second-order valence-electron chi connectivity index (χ2n) is 3.97. The summed E-state index contributed by atoms with van der Waals surface area (Å²) in [5, 5.41) is 0. The molecule has 1 unspecified atom stereocenters. The lowest BCUT2D eigenvalue weighted by Gasteiger charge is -2.46. The summed E-state index contributed by atoms with van der Waals surface area (Å²) in [4.78, 5) is 13.8. The van der Waals surface area contributed by atoms with Gasteiger partial charge in [0, 0.05) is 16.5 Å². The molecule has 1 saturated carbocycles. The Morgan fingerprint density at radius 3 is 2.64 bits per heavy atom. The molecule has 14 heavy (non-hydrogen) atoms. The molecule has 1 amide bonds. The predicted molar refractivity (Wildman–Crippen MR) is 66.2 cm³/mol. The van der Waals surface area contributed by atoms with Gasteiger partial charge in [-0.05, 0) is 25.7 Å². The van der Waals surface area contributed by atoms with E-state index in [1.165, 1.54) is 6.42 Å². The van der Waals surface area contributed by atoms with Crippen LogP contribution in [0.25, 0.3) is 0 Å². The third-order valence-corrected chi connectivity index (χ3v) is 5.17. The van der Waals surface area contributed by atoms with Crippen molar-refractivity contribution in [3.8, 4) is 0 Å². The SMILES string of the molecule is O=C1N([C@@H]2CCC2I)CCCC1(Cl)Cl. The van der Waals surface area contributed by atoms with Crippen molar-refractivity contribution in [3.63, 3.8) is 0 Å². The number of hydrogen-bond donors (Lipinski definition) is 0. The van der Waals surface area contributed by atoms with E-state index in [2.05, 4.69) is 22.6 Å². The molecule has 0 bridgehead atoms. The maximum absolute atomic E-state index is 11.9. The van der Waals surface area contributed by atoms with Crippen LogP contribution in [0.5, 0.6) is 0 Å². The largest absolute Gasteiger partial charge is 0.336 e. The number of carbonyl (C=O) groups is 1. The van der Waals surface area contributed by atoms with Crippen LogP contribution in [0, 0.1) is 0 Å². The Bertz CT molecular complexity index is 259. The van der Waals surface area contributed by atoms with Crippen LogP contribution >= 0.6 is 45.8 Å². The fourth-order valence-electron chi connectivity index (χ4n) is 2.00. The van der Waals surface area contributed by atoms with Gasteiger partial charge in [0.1, 0.15) is 0 Å². The Morgan fingerprint density at radius 1 is 1.43 bits per heavy atom. The minimum atomic E-state index is -1.16. The lowest BCUT2D eigenvalue weighted by molar-refractivity contribution is -0.138. The van der Waals surface area contributed by atoms with Crippen LogP contribution in [0.4, 0.5) is 0 Å². The molecule has 0 aromatic rings. The van der Waals surface area contributed by atoms with Crippen LogP contribution in [0.3, 0.4) is 0 Å². The highest BCUT2D eigenvalue weighted by atomic mass is 127. The highest BCUT2D eigenvalue weighted by Crippen LogP contribution is 2.39. The lowest BCUT2D eigenvalue weighted by Crippen LogP contribution is -2.57. The maximum atomic E-state index is 11.9. The maximum Gasteiger partial charge on any atom is 0.259 e. The van der Waals surface area contributed by atoms with Crippen LogP contribution < -0.4 is 0 Å². The summed E-state index contributed by atoms with van der Waals surface area (Å²) < 4.78 is -0.580. The highest BCUT2D eigenvalue weighted by molar-refractivity contribution is 14.1. The number of nitrogens with zero attached hydrogens (tertiary/aromatic N) is 1. The van der Waals surface area contributed by atoms with Gasteiger partial charge in [-0.15, -0.1) is 0 Å². The van der Waals surface area contributed by atoms with Crippen molar-refractivity contribution < 1.29 is 4.79 Å². The van der Waals surface area contributed by atoms with E-state index in [4.69, 9.17) is 23.2 Å². The molecule has 1 saturated heterocycles. The molecule has 0 N–H and O–H groups in total. The third kappa shape index (κ3) is 1.87. The van der Waals surface area contributed by atoms with E-state index in [9.17, 15) is 4.79 Å². The summed E-state index contributed by atoms with van der Waals surface area (Å²) in [5.74, 6) is -0.0848. The molecule has 2 fully saturated rings. The Hall–Kier alpha value is 0.780. The fraction of sp³-hybridized carbons (Fsp3) is 0.889. The molecular formula is C9H12Cl2INO. The Kier molecular flexibility index (Phi) is 3.20. The minimum absolute atomic E-state index is 0.0848. The second-order valence-corrected chi connectivity index (χ2v) is 7.05. The summed E-state index contributed by atoms with van der Waals surface area (Å²) in [7, 11) is 0. The van der Waals surface area contributed by atoms with E-state index < -0.39 is 4.33 Å². The summed E-state index contributed by atoms with van der Waals surface area (Å²) in [6.07, 6.45) is 3.80. The molecule has 1 aliphatic carbocycles. The third-order valence-electron chi connectivity index (χ3n) is 3.02. The quantitative estimate of drug-likeness (QED) is 0.527. The van der Waals surface area contributed by atoms with Gasteiger partial charge in [-0.2, -0.15) is 0 Å². The predicted octanol–water partition coefficient (Wildman–Crippen LogP) is 2.75. The van der Waals surface area contributed by atoms with Gasteiger partial charge in [-0.3, -0.25) is 4.79 Å². The van der Waals surface area contributed by atoms with Crippen LogP contribution in [0.1, 0.15) is 25.7 Å². The number of piperidine rings is 1. The Morgan fingerprint density at radius 2 is 2.14 bits per heavy atom. The molecule has 2 aliphatic rings. The molecule has 1 heterocycles. The van der Waals surface area contributed by atoms with E-state index in [0.717, 1.165) is 19.4 Å². The van der Waals surface area contributed by atoms with Crippen molar-refractivity contribution in [2.24, 2.45) is 0 Å². The first-order valence-corrected chi connectivity index (χ1v) is 6.85. The van der Waals surface area contributed by atoms with Gasteiger partial charge < -0.3 is 4.90 Å². The Labute approximate surface area is 107 Å². The van der Waals surface area contributed by atoms with E-state index >= 15 is 0 Å². The van der Waals surface area contributed by atoms with Gasteiger partial charge in [-0.25, -0.2) is 0 Å². The summed E-state index contributed by atoms with van der Waals surface area (Å²) >= 11 is 14.3. The van der Waals surface area contributed by atoms with Crippen molar-refractivity contribution >= 4 is 51.7 Å². The molecule has 0 spiro atoms. The molecule has 1 aliphatic heterocycles. The first-order valence-electron chi connectivity index (χ1n) is 4.85. The van der Waals surface area contributed by atoms with Gasteiger partial charge in [-0.1, -0.05) is 45.8 Å². The first-order chi connectivity index (χ1) is 6.52. The second kappa shape index (κ2) is 3.98. The smallest absolute Gasteiger partial charge is 0.259 e. The van der Waals surface area contributed by atoms with Gasteiger partial charge in [0.2, 0.25) is 0 Å². The fourth-order valence-corrected chi connectivity index (χ4v) is 3.59. The first kappa shape index (κ1) is 11.3. The minimum Gasteiger partial charge on any atom is -0.336 e. The highest BCUT2D eigenvalue weighted by Gasteiger charge is 2.46. The standard InChI is InChI=1S/C9H12Cl2INO/c10-9(11)4-1-5-13(8(9)14)7-3-2-6(7)12/h6-7H,1-5H2/t6?,7-/m1/s1. The van der Waals surface area contributed by atoms with Crippen LogP contribution in [-0.2, 0) is 4.79 Å². The van der Waals surface area contributed by atoms with Crippen LogP contribution in [-0.4, -0.2) is 31.7 Å².